The summed E-state index contributed by atoms with van der Waals surface area (Å²) in [6.45, 7) is 10.1. The molecule has 2 unspecified atom stereocenters. The molecule has 0 aromatic carbocycles. The van der Waals surface area contributed by atoms with Gasteiger partial charge in [-0.15, -0.1) is 0 Å². The molecule has 2 saturated carbocycles. The van der Waals surface area contributed by atoms with E-state index >= 15 is 0 Å². The van der Waals surface area contributed by atoms with Crippen molar-refractivity contribution in [2.45, 2.75) is 96.4 Å². The molecule has 2 fully saturated rings. The molecule has 2 amide bonds. The van der Waals surface area contributed by atoms with Crippen molar-refractivity contribution in [2.75, 3.05) is 20.2 Å². The molecular weight excluding hydrogens is 634 g/mol. The van der Waals surface area contributed by atoms with Crippen molar-refractivity contribution in [3.8, 4) is 0 Å². The van der Waals surface area contributed by atoms with Crippen LogP contribution in [-0.2, 0) is 28.5 Å². The number of aromatic amines is 1. The van der Waals surface area contributed by atoms with Crippen LogP contribution in [0.1, 0.15) is 73.6 Å². The molecule has 13 nitrogen and oxygen atoms in total. The Kier molecular flexibility index (Phi) is 11.4. The monoisotopic (exact) mass is 689 g/mol. The van der Waals surface area contributed by atoms with E-state index in [1.165, 1.54) is 7.11 Å². The standard InChI is InChI=1S/C36H51N3O10.2H2/c1-7-13-38-34(42)46-21(5)31-19(3)16-20(4)36(44)22(17-27(45-6)33(41)49-31)11-12-23-28-25(47-32(40)24-10-9-15-37-24)18-26(29(28)30(23)36)48-35(43)39-14-8-2;;/h9-12,15-16,19,21-23,25-31,37,44H,7-8,13-14,17-18H2,1-6H3,(H,38,42)(H,39,43);2*1H/b20-16+;;/t19-,21-,22-,23+,25-,26-,27+,28-,29?,30+,31+,36?;;/m1../s1. The summed E-state index contributed by atoms with van der Waals surface area (Å²) in [7, 11) is 1.42. The third kappa shape index (κ3) is 7.23. The first-order valence-electron chi connectivity index (χ1n) is 17.5. The predicted octanol–water partition coefficient (Wildman–Crippen LogP) is 4.77. The minimum absolute atomic E-state index is 0. The molecule has 2 heterocycles. The van der Waals surface area contributed by atoms with Crippen molar-refractivity contribution in [2.24, 2.45) is 35.5 Å². The van der Waals surface area contributed by atoms with Crippen LogP contribution >= 0.6 is 0 Å². The number of fused-ring (bicyclic) bond motifs is 6. The van der Waals surface area contributed by atoms with E-state index in [0.29, 0.717) is 24.4 Å². The number of H-pyrrole nitrogens is 1. The van der Waals surface area contributed by atoms with Crippen LogP contribution in [-0.4, -0.2) is 90.5 Å². The molecule has 49 heavy (non-hydrogen) atoms. The van der Waals surface area contributed by atoms with Crippen LogP contribution in [0, 0.1) is 35.5 Å². The Morgan fingerprint density at radius 2 is 1.78 bits per heavy atom. The molecule has 5 rings (SSSR count). The van der Waals surface area contributed by atoms with E-state index in [-0.39, 0.29) is 33.4 Å². The Hall–Kier alpha value is -3.84. The third-order valence-corrected chi connectivity index (χ3v) is 10.7. The summed E-state index contributed by atoms with van der Waals surface area (Å²) in [5, 5.41) is 18.5. The van der Waals surface area contributed by atoms with E-state index in [1.54, 1.807) is 25.3 Å². The van der Waals surface area contributed by atoms with Gasteiger partial charge in [-0.2, -0.15) is 0 Å². The number of hydrogen-bond acceptors (Lipinski definition) is 10. The lowest BCUT2D eigenvalue weighted by Crippen LogP contribution is -2.65. The summed E-state index contributed by atoms with van der Waals surface area (Å²) in [5.41, 5.74) is -0.496. The molecule has 1 aliphatic heterocycles. The maximum absolute atomic E-state index is 13.5. The van der Waals surface area contributed by atoms with E-state index in [1.807, 2.05) is 45.9 Å². The number of ether oxygens (including phenoxy) is 5. The summed E-state index contributed by atoms with van der Waals surface area (Å²) in [5.74, 6) is -3.30. The molecule has 0 radical (unpaired) electrons. The van der Waals surface area contributed by atoms with Gasteiger partial charge >= 0.3 is 24.1 Å². The topological polar surface area (TPSA) is 175 Å². The van der Waals surface area contributed by atoms with Gasteiger partial charge in [0.1, 0.15) is 30.1 Å². The molecule has 1 aromatic rings. The predicted molar refractivity (Wildman–Crippen MR) is 181 cm³/mol. The van der Waals surface area contributed by atoms with E-state index < -0.39 is 78.0 Å². The number of methoxy groups -OCH3 is 1. The van der Waals surface area contributed by atoms with Crippen molar-refractivity contribution in [3.63, 3.8) is 0 Å². The molecule has 13 heteroatoms. The molecule has 4 N–H and O–H groups in total. The van der Waals surface area contributed by atoms with Crippen LogP contribution < -0.4 is 10.6 Å². The number of nitrogens with one attached hydrogen (secondary N) is 3. The minimum Gasteiger partial charge on any atom is -0.457 e. The number of alkyl carbamates (subject to hydrolysis) is 2. The summed E-state index contributed by atoms with van der Waals surface area (Å²) in [6, 6.07) is 3.36. The SMILES string of the molecule is CCCNC(=O)O[C@@H]1C[C@@H](OC(=O)c2ccc[nH]2)[C@@H]2C1[C@@H]1[C@H]2C=C[C@@H]2C[C@H](OC)C(=O)O[C@H]([C@@H](C)OC(=O)NCCC)[C@H](C)/C=C(\C)C21O.[HH].[HH]. The Morgan fingerprint density at radius 1 is 1.08 bits per heavy atom. The second-order valence-corrected chi connectivity index (χ2v) is 13.8. The van der Waals surface area contributed by atoms with Gasteiger partial charge in [0, 0.05) is 65.3 Å². The normalized spacial score (nSPS) is 36.6. The van der Waals surface area contributed by atoms with Gasteiger partial charge in [-0.25, -0.2) is 19.2 Å². The van der Waals surface area contributed by atoms with E-state index in [9.17, 15) is 24.3 Å². The molecule has 0 saturated heterocycles. The van der Waals surface area contributed by atoms with Gasteiger partial charge in [0.25, 0.3) is 0 Å². The molecule has 12 atom stereocenters. The number of esters is 2. The van der Waals surface area contributed by atoms with E-state index in [0.717, 1.165) is 12.8 Å². The Balaban J connectivity index is 0.00000351. The molecular formula is C36H55N3O10. The number of rotatable bonds is 10. The summed E-state index contributed by atoms with van der Waals surface area (Å²) >= 11 is 0. The van der Waals surface area contributed by atoms with Gasteiger partial charge in [0.05, 0.1) is 5.60 Å². The molecule has 0 bridgehead atoms. The maximum Gasteiger partial charge on any atom is 0.407 e. The molecule has 4 aliphatic rings. The number of carbonyl (C=O) groups excluding carboxylic acids is 4. The second-order valence-electron chi connectivity index (χ2n) is 13.8. The highest BCUT2D eigenvalue weighted by molar-refractivity contribution is 5.87. The number of allylic oxidation sites excluding steroid dienone is 1. The van der Waals surface area contributed by atoms with Crippen LogP contribution in [0.2, 0.25) is 0 Å². The van der Waals surface area contributed by atoms with E-state index in [2.05, 4.69) is 15.6 Å². The van der Waals surface area contributed by atoms with Crippen molar-refractivity contribution in [1.29, 1.82) is 0 Å². The zero-order valence-electron chi connectivity index (χ0n) is 29.2. The van der Waals surface area contributed by atoms with Crippen LogP contribution in [0.4, 0.5) is 9.59 Å². The number of hydrogen-bond donors (Lipinski definition) is 4. The number of cyclic esters (lactones) is 1. The fraction of sp³-hybridized carbons (Fsp3) is 0.667. The van der Waals surface area contributed by atoms with Crippen LogP contribution in [0.15, 0.2) is 42.1 Å². The van der Waals surface area contributed by atoms with Crippen LogP contribution in [0.5, 0.6) is 0 Å². The maximum atomic E-state index is 13.5. The number of carbonyl (C=O) groups is 4. The Morgan fingerprint density at radius 3 is 2.43 bits per heavy atom. The third-order valence-electron chi connectivity index (χ3n) is 10.7. The largest absolute Gasteiger partial charge is 0.457 e. The second kappa shape index (κ2) is 15.4. The zero-order chi connectivity index (χ0) is 35.5. The Bertz CT molecular complexity index is 1420. The fourth-order valence-electron chi connectivity index (χ4n) is 8.47. The quantitative estimate of drug-likeness (QED) is 0.152. The van der Waals surface area contributed by atoms with Gasteiger partial charge in [0.2, 0.25) is 0 Å². The average molecular weight is 690 g/mol. The highest BCUT2D eigenvalue weighted by Gasteiger charge is 2.70. The number of amides is 2. The Labute approximate surface area is 290 Å². The molecule has 0 spiro atoms. The highest BCUT2D eigenvalue weighted by atomic mass is 16.6. The molecule has 3 aliphatic carbocycles. The van der Waals surface area contributed by atoms with Crippen molar-refractivity contribution in [1.82, 2.24) is 15.6 Å². The highest BCUT2D eigenvalue weighted by Crippen LogP contribution is 2.65. The number of aromatic nitrogens is 1. The average Bonchev–Trinajstić information content (AvgIpc) is 3.69. The number of aliphatic hydroxyl groups is 1. The van der Waals surface area contributed by atoms with Crippen LogP contribution in [0.25, 0.3) is 0 Å². The van der Waals surface area contributed by atoms with Crippen LogP contribution in [0.3, 0.4) is 0 Å². The minimum atomic E-state index is -1.48. The first-order valence-corrected chi connectivity index (χ1v) is 17.5. The van der Waals surface area contributed by atoms with Gasteiger partial charge in [-0.05, 0) is 56.7 Å². The van der Waals surface area contributed by atoms with Gasteiger partial charge in [0.15, 0.2) is 6.10 Å². The first-order chi connectivity index (χ1) is 23.4. The lowest BCUT2D eigenvalue weighted by atomic mass is 9.46. The lowest BCUT2D eigenvalue weighted by molar-refractivity contribution is -0.186. The molecule has 1 aromatic heterocycles. The fourth-order valence-corrected chi connectivity index (χ4v) is 8.47. The zero-order valence-corrected chi connectivity index (χ0v) is 29.2. The summed E-state index contributed by atoms with van der Waals surface area (Å²) < 4.78 is 29.2. The smallest absolute Gasteiger partial charge is 0.407 e. The van der Waals surface area contributed by atoms with Crippen molar-refractivity contribution in [3.05, 3.63) is 47.8 Å². The summed E-state index contributed by atoms with van der Waals surface area (Å²) in [4.78, 5) is 54.8. The van der Waals surface area contributed by atoms with E-state index in [4.69, 9.17) is 23.7 Å². The molecule has 274 valence electrons. The lowest BCUT2D eigenvalue weighted by Gasteiger charge is -2.61. The van der Waals surface area contributed by atoms with Crippen molar-refractivity contribution < 1.29 is 50.8 Å². The first kappa shape index (κ1) is 36.4. The van der Waals surface area contributed by atoms with Crippen molar-refractivity contribution >= 4 is 24.1 Å². The van der Waals surface area contributed by atoms with Gasteiger partial charge in [-0.3, -0.25) is 0 Å². The van der Waals surface area contributed by atoms with Gasteiger partial charge in [-0.1, -0.05) is 39.0 Å². The summed E-state index contributed by atoms with van der Waals surface area (Å²) in [6.07, 6.45) is 4.32. The van der Waals surface area contributed by atoms with Gasteiger partial charge < -0.3 is 44.4 Å².